The highest BCUT2D eigenvalue weighted by molar-refractivity contribution is 4.57. The molecular formula is C35H72O. The van der Waals surface area contributed by atoms with E-state index in [1.54, 1.807) is 0 Å². The Bertz CT molecular complexity index is 366. The molecule has 0 aromatic rings. The molecule has 1 nitrogen and oxygen atoms in total. The third-order valence-electron chi connectivity index (χ3n) is 8.28. The van der Waals surface area contributed by atoms with Gasteiger partial charge in [-0.05, 0) is 12.8 Å². The van der Waals surface area contributed by atoms with Crippen molar-refractivity contribution >= 4 is 0 Å². The Hall–Kier alpha value is -0.0400. The van der Waals surface area contributed by atoms with Crippen LogP contribution in [0, 0.1) is 0 Å². The first kappa shape index (κ1) is 36.0. The second kappa shape index (κ2) is 33.0. The van der Waals surface area contributed by atoms with Crippen LogP contribution >= 0.6 is 0 Å². The van der Waals surface area contributed by atoms with E-state index in [0.29, 0.717) is 0 Å². The Morgan fingerprint density at radius 2 is 0.444 bits per heavy atom. The Balaban J connectivity index is 3.05. The van der Waals surface area contributed by atoms with Gasteiger partial charge in [-0.3, -0.25) is 0 Å². The maximum atomic E-state index is 9.97. The zero-order valence-electron chi connectivity index (χ0n) is 25.7. The van der Waals surface area contributed by atoms with Crippen molar-refractivity contribution in [3.05, 3.63) is 0 Å². The fourth-order valence-electron chi connectivity index (χ4n) is 5.65. The summed E-state index contributed by atoms with van der Waals surface area (Å²) in [4.78, 5) is 0. The van der Waals surface area contributed by atoms with Crippen molar-refractivity contribution in [1.29, 1.82) is 0 Å². The summed E-state index contributed by atoms with van der Waals surface area (Å²) >= 11 is 0. The monoisotopic (exact) mass is 509 g/mol. The SMILES string of the molecule is CCCCCCCCCCCCCCCCCCCCCCCCCCCCCC(O)CCCCC. The largest absolute Gasteiger partial charge is 0.393 e. The van der Waals surface area contributed by atoms with Crippen LogP contribution in [0.4, 0.5) is 0 Å². The third kappa shape index (κ3) is 32.0. The average molecular weight is 509 g/mol. The molecule has 0 aromatic carbocycles. The van der Waals surface area contributed by atoms with Crippen molar-refractivity contribution in [3.63, 3.8) is 0 Å². The van der Waals surface area contributed by atoms with Gasteiger partial charge >= 0.3 is 0 Å². The maximum absolute atomic E-state index is 9.97. The van der Waals surface area contributed by atoms with Crippen molar-refractivity contribution in [2.24, 2.45) is 0 Å². The van der Waals surface area contributed by atoms with Gasteiger partial charge in [0.15, 0.2) is 0 Å². The van der Waals surface area contributed by atoms with Crippen molar-refractivity contribution in [2.45, 2.75) is 225 Å². The molecule has 0 bridgehead atoms. The molecule has 0 radical (unpaired) electrons. The van der Waals surface area contributed by atoms with E-state index in [4.69, 9.17) is 0 Å². The lowest BCUT2D eigenvalue weighted by atomic mass is 10.0. The number of hydrogen-bond donors (Lipinski definition) is 1. The molecule has 0 saturated heterocycles. The smallest absolute Gasteiger partial charge is 0.0540 e. The molecule has 218 valence electrons. The van der Waals surface area contributed by atoms with E-state index in [1.165, 1.54) is 193 Å². The molecule has 0 rings (SSSR count). The molecule has 1 unspecified atom stereocenters. The van der Waals surface area contributed by atoms with Gasteiger partial charge in [0.1, 0.15) is 0 Å². The number of unbranched alkanes of at least 4 members (excludes halogenated alkanes) is 28. The van der Waals surface area contributed by atoms with E-state index in [9.17, 15) is 5.11 Å². The molecule has 0 aliphatic carbocycles. The molecule has 0 saturated carbocycles. The molecule has 0 fully saturated rings. The Labute approximate surface area is 230 Å². The number of aliphatic hydroxyl groups excluding tert-OH is 1. The van der Waals surface area contributed by atoms with Crippen molar-refractivity contribution < 1.29 is 5.11 Å². The fourth-order valence-corrected chi connectivity index (χ4v) is 5.65. The van der Waals surface area contributed by atoms with E-state index in [1.807, 2.05) is 0 Å². The molecule has 0 aliphatic heterocycles. The van der Waals surface area contributed by atoms with Gasteiger partial charge in [-0.2, -0.15) is 0 Å². The third-order valence-corrected chi connectivity index (χ3v) is 8.28. The van der Waals surface area contributed by atoms with Gasteiger partial charge in [0.05, 0.1) is 6.10 Å². The minimum atomic E-state index is -0.0317. The summed E-state index contributed by atoms with van der Waals surface area (Å²) in [5.74, 6) is 0. The molecule has 36 heavy (non-hydrogen) atoms. The van der Waals surface area contributed by atoms with E-state index in [-0.39, 0.29) is 6.10 Å². The molecule has 1 atom stereocenters. The summed E-state index contributed by atoms with van der Waals surface area (Å²) in [6.45, 7) is 4.53. The summed E-state index contributed by atoms with van der Waals surface area (Å²) in [5, 5.41) is 9.97. The van der Waals surface area contributed by atoms with Crippen LogP contribution in [-0.2, 0) is 0 Å². The number of hydrogen-bond acceptors (Lipinski definition) is 1. The molecule has 0 aliphatic rings. The first-order valence-electron chi connectivity index (χ1n) is 17.5. The van der Waals surface area contributed by atoms with Crippen LogP contribution in [0.15, 0.2) is 0 Å². The Morgan fingerprint density at radius 1 is 0.278 bits per heavy atom. The summed E-state index contributed by atoms with van der Waals surface area (Å²) < 4.78 is 0. The molecule has 0 heterocycles. The highest BCUT2D eigenvalue weighted by atomic mass is 16.3. The van der Waals surface area contributed by atoms with Gasteiger partial charge in [0, 0.05) is 0 Å². The molecule has 1 heteroatoms. The van der Waals surface area contributed by atoms with E-state index >= 15 is 0 Å². The maximum Gasteiger partial charge on any atom is 0.0540 e. The van der Waals surface area contributed by atoms with Crippen LogP contribution in [0.3, 0.4) is 0 Å². The molecule has 0 amide bonds. The predicted octanol–water partition coefficient (Wildman–Crippen LogP) is 12.9. The van der Waals surface area contributed by atoms with Gasteiger partial charge in [-0.1, -0.05) is 206 Å². The lowest BCUT2D eigenvalue weighted by Gasteiger charge is -2.09. The second-order valence-corrected chi connectivity index (χ2v) is 12.1. The first-order chi connectivity index (χ1) is 17.8. The van der Waals surface area contributed by atoms with Crippen LogP contribution in [-0.4, -0.2) is 11.2 Å². The van der Waals surface area contributed by atoms with Crippen molar-refractivity contribution in [3.8, 4) is 0 Å². The van der Waals surface area contributed by atoms with Crippen LogP contribution in [0.25, 0.3) is 0 Å². The summed E-state index contributed by atoms with van der Waals surface area (Å²) in [6.07, 6.45) is 44.8. The lowest BCUT2D eigenvalue weighted by molar-refractivity contribution is 0.147. The summed E-state index contributed by atoms with van der Waals surface area (Å²) in [6, 6.07) is 0. The van der Waals surface area contributed by atoms with Crippen LogP contribution in [0.1, 0.15) is 219 Å². The quantitative estimate of drug-likeness (QED) is 0.0895. The standard InChI is InChI=1S/C35H72O/c1-3-5-7-8-9-10-11-12-13-14-15-16-17-18-19-20-21-22-23-24-25-26-27-28-29-30-32-34-35(36)33-31-6-4-2/h35-36H,3-34H2,1-2H3. The van der Waals surface area contributed by atoms with Gasteiger partial charge < -0.3 is 5.11 Å². The van der Waals surface area contributed by atoms with Gasteiger partial charge in [0.25, 0.3) is 0 Å². The van der Waals surface area contributed by atoms with Crippen molar-refractivity contribution in [2.75, 3.05) is 0 Å². The zero-order valence-corrected chi connectivity index (χ0v) is 25.7. The average Bonchev–Trinajstić information content (AvgIpc) is 2.88. The highest BCUT2D eigenvalue weighted by Crippen LogP contribution is 2.17. The minimum absolute atomic E-state index is 0.0317. The van der Waals surface area contributed by atoms with E-state index in [0.717, 1.165) is 12.8 Å². The predicted molar refractivity (Wildman–Crippen MR) is 165 cm³/mol. The van der Waals surface area contributed by atoms with Crippen LogP contribution < -0.4 is 0 Å². The minimum Gasteiger partial charge on any atom is -0.393 e. The van der Waals surface area contributed by atoms with Crippen molar-refractivity contribution in [1.82, 2.24) is 0 Å². The van der Waals surface area contributed by atoms with E-state index in [2.05, 4.69) is 13.8 Å². The second-order valence-electron chi connectivity index (χ2n) is 12.1. The van der Waals surface area contributed by atoms with Gasteiger partial charge in [0.2, 0.25) is 0 Å². The van der Waals surface area contributed by atoms with Gasteiger partial charge in [-0.25, -0.2) is 0 Å². The Kier molecular flexibility index (Phi) is 33.0. The number of rotatable bonds is 32. The van der Waals surface area contributed by atoms with Gasteiger partial charge in [-0.15, -0.1) is 0 Å². The summed E-state index contributed by atoms with van der Waals surface area (Å²) in [7, 11) is 0. The Morgan fingerprint density at radius 3 is 0.694 bits per heavy atom. The topological polar surface area (TPSA) is 20.2 Å². The molecule has 0 aromatic heterocycles. The lowest BCUT2D eigenvalue weighted by Crippen LogP contribution is -2.05. The summed E-state index contributed by atoms with van der Waals surface area (Å²) in [5.41, 5.74) is 0. The molecular weight excluding hydrogens is 436 g/mol. The number of aliphatic hydroxyl groups is 1. The molecule has 1 N–H and O–H groups in total. The fraction of sp³-hybridized carbons (Fsp3) is 1.00. The zero-order chi connectivity index (χ0) is 26.2. The van der Waals surface area contributed by atoms with E-state index < -0.39 is 0 Å². The normalized spacial score (nSPS) is 12.4. The highest BCUT2D eigenvalue weighted by Gasteiger charge is 2.03. The van der Waals surface area contributed by atoms with Crippen LogP contribution in [0.5, 0.6) is 0 Å². The first-order valence-corrected chi connectivity index (χ1v) is 17.5. The van der Waals surface area contributed by atoms with Crippen LogP contribution in [0.2, 0.25) is 0 Å². The molecule has 0 spiro atoms.